The van der Waals surface area contributed by atoms with E-state index in [9.17, 15) is 4.79 Å². The van der Waals surface area contributed by atoms with Gasteiger partial charge in [-0.25, -0.2) is 0 Å². The first-order chi connectivity index (χ1) is 15.9. The molecule has 0 saturated heterocycles. The molecule has 2 aromatic carbocycles. The van der Waals surface area contributed by atoms with E-state index in [0.717, 1.165) is 5.04 Å². The Morgan fingerprint density at radius 3 is 2.73 bits per heavy atom. The molecule has 0 aromatic heterocycles. The molecule has 0 saturated carbocycles. The lowest BCUT2D eigenvalue weighted by molar-refractivity contribution is -0.114. The van der Waals surface area contributed by atoms with Crippen LogP contribution in [-0.4, -0.2) is 47.3 Å². The molecule has 2 aliphatic rings. The zero-order valence-electron chi connectivity index (χ0n) is 17.6. The number of halogens is 2. The van der Waals surface area contributed by atoms with Crippen molar-refractivity contribution in [3.63, 3.8) is 0 Å². The summed E-state index contributed by atoms with van der Waals surface area (Å²) in [6.07, 6.45) is 1.58. The first-order valence-electron chi connectivity index (χ1n) is 9.72. The molecule has 1 amide bonds. The van der Waals surface area contributed by atoms with Gasteiger partial charge in [0.05, 0.1) is 27.2 Å². The van der Waals surface area contributed by atoms with E-state index in [1.54, 1.807) is 37.3 Å². The van der Waals surface area contributed by atoms with Crippen LogP contribution in [-0.2, 0) is 4.79 Å². The maximum absolute atomic E-state index is 12.5. The predicted octanol–water partition coefficient (Wildman–Crippen LogP) is 5.21. The van der Waals surface area contributed by atoms with Crippen molar-refractivity contribution in [2.75, 3.05) is 20.3 Å². The Morgan fingerprint density at radius 1 is 1.21 bits per heavy atom. The molecule has 0 bridgehead atoms. The normalized spacial score (nSPS) is 16.5. The lowest BCUT2D eigenvalue weighted by atomic mass is 10.1. The highest BCUT2D eigenvalue weighted by Crippen LogP contribution is 2.38. The van der Waals surface area contributed by atoms with Crippen molar-refractivity contribution in [3.05, 3.63) is 57.0 Å². The summed E-state index contributed by atoms with van der Waals surface area (Å²) in [5.74, 6) is 1.01. The summed E-state index contributed by atoms with van der Waals surface area (Å²) in [5, 5.41) is 15.6. The molecule has 0 fully saturated rings. The first-order valence-corrected chi connectivity index (χ1v) is 11.7. The second-order valence-corrected chi connectivity index (χ2v) is 9.22. The molecular weight excluding hydrogens is 532 g/mol. The van der Waals surface area contributed by atoms with E-state index in [-0.39, 0.29) is 24.6 Å². The molecule has 2 aromatic rings. The molecule has 0 radical (unpaired) electrons. The van der Waals surface area contributed by atoms with E-state index in [1.165, 1.54) is 23.9 Å². The Balaban J connectivity index is 1.50. The largest absolute Gasteiger partial charge is 0.493 e. The fraction of sp³-hybridized carbons (Fsp3) is 0.182. The van der Waals surface area contributed by atoms with Crippen LogP contribution in [0.5, 0.6) is 17.2 Å². The Labute approximate surface area is 207 Å². The van der Waals surface area contributed by atoms with Crippen LogP contribution in [0.3, 0.4) is 0 Å². The summed E-state index contributed by atoms with van der Waals surface area (Å²) < 4.78 is 17.6. The van der Waals surface area contributed by atoms with Crippen LogP contribution in [0.1, 0.15) is 12.5 Å². The SMILES string of the molecule is COc1cc(C=C2C(=N)N3N=C(C)SC3=NC2=O)cc(Br)c1OCCOc1ccccc1Cl. The lowest BCUT2D eigenvalue weighted by Gasteiger charge is -2.20. The number of nitrogens with zero attached hydrogens (tertiary/aromatic N) is 3. The fourth-order valence-electron chi connectivity index (χ4n) is 3.07. The molecule has 4 rings (SSSR count). The Bertz CT molecular complexity index is 1230. The smallest absolute Gasteiger partial charge is 0.283 e. The van der Waals surface area contributed by atoms with Crippen LogP contribution in [0.2, 0.25) is 5.02 Å². The topological polar surface area (TPSA) is 96.6 Å². The van der Waals surface area contributed by atoms with Gasteiger partial charge in [0.1, 0.15) is 19.0 Å². The van der Waals surface area contributed by atoms with Crippen molar-refractivity contribution in [2.24, 2.45) is 10.1 Å². The highest BCUT2D eigenvalue weighted by molar-refractivity contribution is 9.10. The van der Waals surface area contributed by atoms with Gasteiger partial charge in [-0.2, -0.15) is 15.1 Å². The Hall–Kier alpha value is -2.82. The highest BCUT2D eigenvalue weighted by Gasteiger charge is 2.34. The minimum absolute atomic E-state index is 0.0264. The van der Waals surface area contributed by atoms with E-state index in [2.05, 4.69) is 26.0 Å². The molecule has 2 aliphatic heterocycles. The summed E-state index contributed by atoms with van der Waals surface area (Å²) >= 11 is 10.8. The number of thioether (sulfide) groups is 1. The fourth-order valence-corrected chi connectivity index (χ4v) is 4.57. The molecule has 1 N–H and O–H groups in total. The number of aliphatic imine (C=N–C) groups is 1. The van der Waals surface area contributed by atoms with Gasteiger partial charge in [-0.15, -0.1) is 0 Å². The number of nitrogens with one attached hydrogen (secondary N) is 1. The monoisotopic (exact) mass is 548 g/mol. The molecule has 8 nitrogen and oxygen atoms in total. The number of amidine groups is 2. The van der Waals surface area contributed by atoms with Crippen LogP contribution in [0.15, 0.2) is 56.5 Å². The number of benzene rings is 2. The molecule has 2 heterocycles. The number of hydrazone groups is 1. The number of rotatable bonds is 7. The third-order valence-corrected chi connectivity index (χ3v) is 6.27. The Kier molecular flexibility index (Phi) is 7.06. The number of amides is 1. The Morgan fingerprint density at radius 2 is 1.97 bits per heavy atom. The van der Waals surface area contributed by atoms with E-state index in [0.29, 0.717) is 37.5 Å². The summed E-state index contributed by atoms with van der Waals surface area (Å²) in [7, 11) is 1.52. The number of methoxy groups -OCH3 is 1. The van der Waals surface area contributed by atoms with Gasteiger partial charge in [0.15, 0.2) is 17.3 Å². The minimum atomic E-state index is -0.490. The van der Waals surface area contributed by atoms with E-state index in [1.807, 2.05) is 12.1 Å². The third kappa shape index (κ3) is 5.07. The lowest BCUT2D eigenvalue weighted by Crippen LogP contribution is -2.35. The van der Waals surface area contributed by atoms with Crippen molar-refractivity contribution in [2.45, 2.75) is 6.92 Å². The number of ether oxygens (including phenoxy) is 3. The number of carbonyl (C=O) groups excluding carboxylic acids is 1. The molecule has 11 heteroatoms. The second kappa shape index (κ2) is 9.98. The maximum Gasteiger partial charge on any atom is 0.283 e. The third-order valence-electron chi connectivity index (χ3n) is 4.54. The highest BCUT2D eigenvalue weighted by atomic mass is 79.9. The first kappa shape index (κ1) is 23.3. The number of fused-ring (bicyclic) bond motifs is 1. The van der Waals surface area contributed by atoms with Gasteiger partial charge >= 0.3 is 0 Å². The summed E-state index contributed by atoms with van der Waals surface area (Å²) in [6, 6.07) is 10.7. The number of carbonyl (C=O) groups is 1. The quantitative estimate of drug-likeness (QED) is 0.376. The van der Waals surface area contributed by atoms with Crippen LogP contribution in [0.25, 0.3) is 6.08 Å². The van der Waals surface area contributed by atoms with Crippen molar-refractivity contribution in [1.29, 1.82) is 5.41 Å². The van der Waals surface area contributed by atoms with Crippen LogP contribution >= 0.6 is 39.3 Å². The molecule has 0 spiro atoms. The van der Waals surface area contributed by atoms with Crippen LogP contribution in [0, 0.1) is 5.41 Å². The summed E-state index contributed by atoms with van der Waals surface area (Å²) in [5.41, 5.74) is 0.770. The van der Waals surface area contributed by atoms with Crippen LogP contribution < -0.4 is 14.2 Å². The molecule has 33 heavy (non-hydrogen) atoms. The molecule has 0 aliphatic carbocycles. The van der Waals surface area contributed by atoms with E-state index >= 15 is 0 Å². The average Bonchev–Trinajstić information content (AvgIpc) is 3.16. The molecule has 0 unspecified atom stereocenters. The van der Waals surface area contributed by atoms with Gasteiger partial charge in [-0.05, 0) is 70.5 Å². The summed E-state index contributed by atoms with van der Waals surface area (Å²) in [6.45, 7) is 2.34. The minimum Gasteiger partial charge on any atom is -0.493 e. The number of hydrogen-bond acceptors (Lipinski definition) is 7. The van der Waals surface area contributed by atoms with Crippen molar-refractivity contribution >= 4 is 67.3 Å². The molecular formula is C22H18BrClN4O4S. The van der Waals surface area contributed by atoms with Gasteiger partial charge in [-0.3, -0.25) is 10.2 Å². The van der Waals surface area contributed by atoms with Gasteiger partial charge in [0.25, 0.3) is 5.91 Å². The van der Waals surface area contributed by atoms with Gasteiger partial charge in [-0.1, -0.05) is 23.7 Å². The van der Waals surface area contributed by atoms with Crippen molar-refractivity contribution < 1.29 is 19.0 Å². The molecule has 0 atom stereocenters. The maximum atomic E-state index is 12.5. The van der Waals surface area contributed by atoms with Gasteiger partial charge in [0, 0.05) is 0 Å². The average molecular weight is 550 g/mol. The summed E-state index contributed by atoms with van der Waals surface area (Å²) in [4.78, 5) is 16.5. The van der Waals surface area contributed by atoms with E-state index < -0.39 is 5.91 Å². The standard InChI is InChI=1S/C22H18BrClN4O4S/c1-12-27-28-20(25)14(21(29)26-22(28)33-12)9-13-10-15(23)19(18(11-13)30-2)32-8-7-31-17-6-4-3-5-16(17)24/h3-6,9-11,25H,7-8H2,1-2H3. The predicted molar refractivity (Wildman–Crippen MR) is 134 cm³/mol. The van der Waals surface area contributed by atoms with E-state index in [4.69, 9.17) is 31.2 Å². The van der Waals surface area contributed by atoms with Gasteiger partial charge < -0.3 is 14.2 Å². The van der Waals surface area contributed by atoms with Gasteiger partial charge in [0.2, 0.25) is 5.17 Å². The van der Waals surface area contributed by atoms with Crippen molar-refractivity contribution in [1.82, 2.24) is 5.01 Å². The number of hydrogen-bond donors (Lipinski definition) is 1. The van der Waals surface area contributed by atoms with Crippen LogP contribution in [0.4, 0.5) is 0 Å². The molecule has 170 valence electrons. The number of para-hydroxylation sites is 1. The second-order valence-electron chi connectivity index (χ2n) is 6.80. The van der Waals surface area contributed by atoms with Crippen molar-refractivity contribution in [3.8, 4) is 17.2 Å². The zero-order chi connectivity index (χ0) is 23.5. The zero-order valence-corrected chi connectivity index (χ0v) is 20.8.